The first kappa shape index (κ1) is 17.5. The number of hydrogen-bond donors (Lipinski definition) is 0. The van der Waals surface area contributed by atoms with Crippen LogP contribution in [0.4, 0.5) is 0 Å². The van der Waals surface area contributed by atoms with Crippen LogP contribution in [0.5, 0.6) is 0 Å². The predicted molar refractivity (Wildman–Crippen MR) is 101 cm³/mol. The molecule has 1 fully saturated rings. The number of nitrogens with zero attached hydrogens (tertiary/aromatic N) is 1. The van der Waals surface area contributed by atoms with Crippen molar-refractivity contribution in [1.82, 2.24) is 4.90 Å². The Balaban J connectivity index is 2.00. The second-order valence-electron chi connectivity index (χ2n) is 7.00. The Bertz CT molecular complexity index is 845. The van der Waals surface area contributed by atoms with Gasteiger partial charge in [-0.25, -0.2) is 4.79 Å². The van der Waals surface area contributed by atoms with E-state index in [1.54, 1.807) is 0 Å². The first-order chi connectivity index (χ1) is 12.5. The number of carbonyl (C=O) groups is 1. The van der Waals surface area contributed by atoms with Crippen molar-refractivity contribution in [1.29, 1.82) is 0 Å². The van der Waals surface area contributed by atoms with E-state index in [2.05, 4.69) is 11.0 Å². The molecule has 1 atom stereocenters. The maximum Gasteiger partial charge on any atom is 0.336 e. The molecular formula is C21H22ClNO3. The van der Waals surface area contributed by atoms with E-state index in [4.69, 9.17) is 21.1 Å². The van der Waals surface area contributed by atoms with Gasteiger partial charge in [-0.3, -0.25) is 4.90 Å². The number of rotatable bonds is 3. The molecule has 1 unspecified atom stereocenters. The van der Waals surface area contributed by atoms with Gasteiger partial charge >= 0.3 is 5.97 Å². The van der Waals surface area contributed by atoms with Crippen molar-refractivity contribution in [2.24, 2.45) is 0 Å². The molecule has 0 N–H and O–H groups in total. The highest BCUT2D eigenvalue weighted by molar-refractivity contribution is 6.30. The fourth-order valence-electron chi connectivity index (χ4n) is 4.12. The zero-order valence-corrected chi connectivity index (χ0v) is 15.8. The summed E-state index contributed by atoms with van der Waals surface area (Å²) >= 11 is 6.35. The molecular weight excluding hydrogens is 350 g/mol. The Morgan fingerprint density at radius 3 is 2.54 bits per heavy atom. The van der Waals surface area contributed by atoms with Crippen molar-refractivity contribution < 1.29 is 14.3 Å². The molecule has 26 heavy (non-hydrogen) atoms. The summed E-state index contributed by atoms with van der Waals surface area (Å²) < 4.78 is 11.3. The lowest BCUT2D eigenvalue weighted by Crippen LogP contribution is -2.56. The second-order valence-corrected chi connectivity index (χ2v) is 7.44. The number of halogens is 1. The van der Waals surface area contributed by atoms with Gasteiger partial charge in [-0.15, -0.1) is 0 Å². The smallest absolute Gasteiger partial charge is 0.336 e. The van der Waals surface area contributed by atoms with E-state index in [-0.39, 0.29) is 12.1 Å². The number of fused-ring (bicyclic) bond motifs is 3. The first-order valence-corrected chi connectivity index (χ1v) is 9.36. The molecule has 0 saturated carbocycles. The van der Waals surface area contributed by atoms with Crippen molar-refractivity contribution in [3.63, 3.8) is 0 Å². The summed E-state index contributed by atoms with van der Waals surface area (Å²) in [5, 5.41) is 0.617. The Morgan fingerprint density at radius 1 is 1.12 bits per heavy atom. The molecule has 1 saturated heterocycles. The number of carbonyl (C=O) groups excluding carboxylic acids is 1. The molecule has 1 aliphatic carbocycles. The van der Waals surface area contributed by atoms with Crippen molar-refractivity contribution in [3.05, 3.63) is 58.6 Å². The monoisotopic (exact) mass is 371 g/mol. The van der Waals surface area contributed by atoms with Crippen LogP contribution < -0.4 is 0 Å². The minimum Gasteiger partial charge on any atom is -0.461 e. The lowest BCUT2D eigenvalue weighted by molar-refractivity contribution is -0.162. The average Bonchev–Trinajstić information content (AvgIpc) is 2.92. The summed E-state index contributed by atoms with van der Waals surface area (Å²) in [6.07, 6.45) is -0.198. The molecule has 2 aromatic rings. The lowest BCUT2D eigenvalue weighted by atomic mass is 9.85. The molecule has 1 aliphatic heterocycles. The van der Waals surface area contributed by atoms with Crippen molar-refractivity contribution in [2.45, 2.75) is 25.5 Å². The quantitative estimate of drug-likeness (QED) is 0.768. The van der Waals surface area contributed by atoms with Gasteiger partial charge in [-0.05, 0) is 48.2 Å². The topological polar surface area (TPSA) is 38.8 Å². The fourth-order valence-corrected chi connectivity index (χ4v) is 4.29. The molecule has 4 rings (SSSR count). The first-order valence-electron chi connectivity index (χ1n) is 8.99. The third kappa shape index (κ3) is 2.56. The second kappa shape index (κ2) is 6.69. The van der Waals surface area contributed by atoms with Gasteiger partial charge in [0, 0.05) is 18.1 Å². The van der Waals surface area contributed by atoms with Gasteiger partial charge in [0.05, 0.1) is 19.3 Å². The third-order valence-corrected chi connectivity index (χ3v) is 5.34. The minimum atomic E-state index is -0.981. The molecule has 136 valence electrons. The highest BCUT2D eigenvalue weighted by atomic mass is 35.5. The van der Waals surface area contributed by atoms with Crippen LogP contribution in [0.25, 0.3) is 11.1 Å². The fraction of sp³-hybridized carbons (Fsp3) is 0.381. The summed E-state index contributed by atoms with van der Waals surface area (Å²) in [4.78, 5) is 15.7. The van der Waals surface area contributed by atoms with Gasteiger partial charge < -0.3 is 9.47 Å². The van der Waals surface area contributed by atoms with Crippen LogP contribution in [0.1, 0.15) is 25.0 Å². The Morgan fingerprint density at radius 2 is 1.81 bits per heavy atom. The number of hydrogen-bond acceptors (Lipinski definition) is 4. The molecule has 1 heterocycles. The molecule has 0 radical (unpaired) electrons. The molecule has 0 bridgehead atoms. The zero-order chi connectivity index (χ0) is 18.3. The number of esters is 1. The largest absolute Gasteiger partial charge is 0.461 e. The van der Waals surface area contributed by atoms with Crippen LogP contribution >= 0.6 is 11.6 Å². The van der Waals surface area contributed by atoms with Crippen LogP contribution in [0, 0.1) is 0 Å². The Labute approximate surface area is 158 Å². The normalized spacial score (nSPS) is 22.2. The zero-order valence-electron chi connectivity index (χ0n) is 15.0. The molecule has 0 spiro atoms. The molecule has 0 aromatic heterocycles. The maximum absolute atomic E-state index is 13.6. The Kier molecular flexibility index (Phi) is 4.51. The van der Waals surface area contributed by atoms with E-state index < -0.39 is 5.54 Å². The molecule has 4 nitrogen and oxygen atoms in total. The summed E-state index contributed by atoms with van der Waals surface area (Å²) in [6, 6.07) is 13.9. The van der Waals surface area contributed by atoms with Crippen molar-refractivity contribution >= 4 is 17.6 Å². The maximum atomic E-state index is 13.6. The van der Waals surface area contributed by atoms with Crippen molar-refractivity contribution in [2.75, 3.05) is 26.3 Å². The van der Waals surface area contributed by atoms with Crippen LogP contribution in [0.2, 0.25) is 5.02 Å². The average molecular weight is 372 g/mol. The van der Waals surface area contributed by atoms with Crippen LogP contribution in [0.3, 0.4) is 0 Å². The summed E-state index contributed by atoms with van der Waals surface area (Å²) in [5.41, 5.74) is 2.98. The van der Waals surface area contributed by atoms with Gasteiger partial charge in [0.1, 0.15) is 0 Å². The molecule has 5 heteroatoms. The van der Waals surface area contributed by atoms with Gasteiger partial charge in [0.15, 0.2) is 5.54 Å². The van der Waals surface area contributed by atoms with E-state index in [0.29, 0.717) is 31.3 Å². The number of benzene rings is 2. The van der Waals surface area contributed by atoms with E-state index in [1.165, 1.54) is 0 Å². The van der Waals surface area contributed by atoms with Gasteiger partial charge in [0.25, 0.3) is 0 Å². The van der Waals surface area contributed by atoms with Crippen LogP contribution in [-0.2, 0) is 19.8 Å². The third-order valence-electron chi connectivity index (χ3n) is 5.10. The number of ether oxygens (including phenoxy) is 2. The Hall–Kier alpha value is -1.88. The number of morpholine rings is 1. The molecule has 2 aromatic carbocycles. The SMILES string of the molecule is CC(C)OC(=O)C1(N2CCOCC2)c2ccccc2-c2ccc(Cl)cc21. The summed E-state index contributed by atoms with van der Waals surface area (Å²) in [7, 11) is 0. The highest BCUT2D eigenvalue weighted by Gasteiger charge is 2.55. The van der Waals surface area contributed by atoms with E-state index in [1.807, 2.05) is 50.2 Å². The minimum absolute atomic E-state index is 0.198. The predicted octanol–water partition coefficient (Wildman–Crippen LogP) is 3.85. The van der Waals surface area contributed by atoms with Crippen LogP contribution in [0.15, 0.2) is 42.5 Å². The van der Waals surface area contributed by atoms with Gasteiger partial charge in [0.2, 0.25) is 0 Å². The lowest BCUT2D eigenvalue weighted by Gasteiger charge is -2.42. The van der Waals surface area contributed by atoms with E-state index in [0.717, 1.165) is 22.3 Å². The molecule has 0 amide bonds. The summed E-state index contributed by atoms with van der Waals surface area (Å²) in [5.74, 6) is -0.247. The van der Waals surface area contributed by atoms with E-state index >= 15 is 0 Å². The highest BCUT2D eigenvalue weighted by Crippen LogP contribution is 2.52. The standard InChI is InChI=1S/C21H22ClNO3/c1-14(2)26-20(24)21(23-9-11-25-12-10-23)18-6-4-3-5-16(18)17-8-7-15(22)13-19(17)21/h3-8,13-14H,9-12H2,1-2H3. The molecule has 2 aliphatic rings. The van der Waals surface area contributed by atoms with Gasteiger partial charge in [-0.1, -0.05) is 41.9 Å². The van der Waals surface area contributed by atoms with E-state index in [9.17, 15) is 4.79 Å². The van der Waals surface area contributed by atoms with Crippen molar-refractivity contribution in [3.8, 4) is 11.1 Å². The summed E-state index contributed by atoms with van der Waals surface area (Å²) in [6.45, 7) is 6.26. The van der Waals surface area contributed by atoms with Gasteiger partial charge in [-0.2, -0.15) is 0 Å². The van der Waals surface area contributed by atoms with Crippen LogP contribution in [-0.4, -0.2) is 43.3 Å².